The summed E-state index contributed by atoms with van der Waals surface area (Å²) in [6.07, 6.45) is 0.883. The predicted molar refractivity (Wildman–Crippen MR) is 116 cm³/mol. The number of benzene rings is 2. The van der Waals surface area contributed by atoms with Gasteiger partial charge in [0.05, 0.1) is 16.2 Å². The number of amides is 1. The zero-order valence-corrected chi connectivity index (χ0v) is 18.4. The van der Waals surface area contributed by atoms with Gasteiger partial charge in [-0.05, 0) is 80.8 Å². The number of hydrogen-bond donors (Lipinski definition) is 2. The maximum atomic E-state index is 13.5. The van der Waals surface area contributed by atoms with Gasteiger partial charge in [-0.2, -0.15) is 0 Å². The van der Waals surface area contributed by atoms with Gasteiger partial charge in [-0.1, -0.05) is 11.6 Å². The molecule has 2 aromatic carbocycles. The highest BCUT2D eigenvalue weighted by Gasteiger charge is 2.50. The summed E-state index contributed by atoms with van der Waals surface area (Å²) >= 11 is 7.98. The van der Waals surface area contributed by atoms with E-state index in [0.717, 1.165) is 42.7 Å². The van der Waals surface area contributed by atoms with Crippen molar-refractivity contribution in [2.24, 2.45) is 11.8 Å². The Bertz CT molecular complexity index is 985. The molecular weight excluding hydrogens is 447 g/mol. The molecule has 0 aromatic heterocycles. The summed E-state index contributed by atoms with van der Waals surface area (Å²) in [5, 5.41) is 14.1. The third-order valence-corrected chi connectivity index (χ3v) is 8.34. The Morgan fingerprint density at radius 1 is 1.19 bits per heavy atom. The number of carbonyl (C=O) groups excluding carboxylic acids is 1. The number of fused-ring (bicyclic) bond motifs is 2. The van der Waals surface area contributed by atoms with Gasteiger partial charge in [0.2, 0.25) is 0 Å². The van der Waals surface area contributed by atoms with Gasteiger partial charge in [-0.3, -0.25) is 4.79 Å². The van der Waals surface area contributed by atoms with Crippen LogP contribution in [0.25, 0.3) is 0 Å². The molecule has 2 N–H and O–H groups in total. The molecular formula is C23H23ClF3NO2S. The summed E-state index contributed by atoms with van der Waals surface area (Å²) < 4.78 is 39.3. The largest absolute Gasteiger partial charge is 0.390 e. The Balaban J connectivity index is 1.48. The zero-order valence-electron chi connectivity index (χ0n) is 16.9. The number of rotatable bonds is 5. The number of hydrogen-bond acceptors (Lipinski definition) is 3. The third-order valence-electron chi connectivity index (χ3n) is 6.59. The maximum absolute atomic E-state index is 13.5. The molecule has 166 valence electrons. The van der Waals surface area contributed by atoms with Crippen molar-refractivity contribution in [2.45, 2.75) is 54.8 Å². The quantitative estimate of drug-likeness (QED) is 0.512. The fourth-order valence-electron chi connectivity index (χ4n) is 4.77. The first kappa shape index (κ1) is 22.5. The van der Waals surface area contributed by atoms with Gasteiger partial charge in [-0.25, -0.2) is 13.2 Å². The van der Waals surface area contributed by atoms with Gasteiger partial charge in [0.15, 0.2) is 0 Å². The first-order valence-electron chi connectivity index (χ1n) is 10.2. The van der Waals surface area contributed by atoms with Crippen molar-refractivity contribution in [3.63, 3.8) is 0 Å². The predicted octanol–water partition coefficient (Wildman–Crippen LogP) is 6.70. The lowest BCUT2D eigenvalue weighted by Crippen LogP contribution is -2.42. The van der Waals surface area contributed by atoms with E-state index in [4.69, 9.17) is 11.6 Å². The fraction of sp³-hybridized carbons (Fsp3) is 0.435. The lowest BCUT2D eigenvalue weighted by molar-refractivity contribution is -0.0407. The second-order valence-corrected chi connectivity index (χ2v) is 10.3. The highest BCUT2D eigenvalue weighted by molar-refractivity contribution is 8.00. The van der Waals surface area contributed by atoms with Crippen molar-refractivity contribution in [2.75, 3.05) is 5.32 Å². The molecule has 3 nitrogen and oxygen atoms in total. The summed E-state index contributed by atoms with van der Waals surface area (Å²) in [7, 11) is 0. The highest BCUT2D eigenvalue weighted by atomic mass is 35.5. The Labute approximate surface area is 188 Å². The summed E-state index contributed by atoms with van der Waals surface area (Å²) in [6, 6.07) is 7.99. The SMILES string of the molecule is C[C@@]1(O)C2CC[C@H]1C[C@H](Sc1cc(C(=O)Nc3ccc(F)c(C(F)F)c3)ccc1Cl)C2. The minimum atomic E-state index is -2.97. The van der Waals surface area contributed by atoms with Crippen LogP contribution in [0.4, 0.5) is 18.9 Å². The van der Waals surface area contributed by atoms with Crippen LogP contribution in [0.1, 0.15) is 55.0 Å². The first-order valence-corrected chi connectivity index (χ1v) is 11.5. The summed E-state index contributed by atoms with van der Waals surface area (Å²) in [5.74, 6) is -0.955. The molecule has 2 saturated carbocycles. The minimum absolute atomic E-state index is 0.0944. The number of thioether (sulfide) groups is 1. The van der Waals surface area contributed by atoms with E-state index in [1.54, 1.807) is 30.0 Å². The van der Waals surface area contributed by atoms with Crippen molar-refractivity contribution in [1.82, 2.24) is 0 Å². The molecule has 1 unspecified atom stereocenters. The lowest BCUT2D eigenvalue weighted by Gasteiger charge is -2.40. The van der Waals surface area contributed by atoms with E-state index in [0.29, 0.717) is 15.8 Å². The fourth-order valence-corrected chi connectivity index (χ4v) is 6.41. The molecule has 0 saturated heterocycles. The minimum Gasteiger partial charge on any atom is -0.390 e. The Morgan fingerprint density at radius 3 is 2.52 bits per heavy atom. The third kappa shape index (κ3) is 4.59. The molecule has 8 heteroatoms. The van der Waals surface area contributed by atoms with Crippen molar-refractivity contribution in [3.8, 4) is 0 Å². The van der Waals surface area contributed by atoms with Gasteiger partial charge in [0.25, 0.3) is 12.3 Å². The number of alkyl halides is 2. The van der Waals surface area contributed by atoms with E-state index in [9.17, 15) is 23.1 Å². The molecule has 0 heterocycles. The van der Waals surface area contributed by atoms with Gasteiger partial charge in [-0.15, -0.1) is 11.8 Å². The monoisotopic (exact) mass is 469 g/mol. The highest BCUT2D eigenvalue weighted by Crippen LogP contribution is 2.53. The Hall–Kier alpha value is -1.70. The van der Waals surface area contributed by atoms with Crippen LogP contribution in [-0.4, -0.2) is 21.9 Å². The maximum Gasteiger partial charge on any atom is 0.266 e. The first-order chi connectivity index (χ1) is 14.6. The van der Waals surface area contributed by atoms with Crippen LogP contribution in [0.5, 0.6) is 0 Å². The van der Waals surface area contributed by atoms with E-state index in [1.165, 1.54) is 6.07 Å². The summed E-state index contributed by atoms with van der Waals surface area (Å²) in [6.45, 7) is 1.93. The second-order valence-electron chi connectivity index (χ2n) is 8.54. The lowest BCUT2D eigenvalue weighted by atomic mass is 9.76. The van der Waals surface area contributed by atoms with Gasteiger partial charge in [0, 0.05) is 21.4 Å². The van der Waals surface area contributed by atoms with Crippen LogP contribution in [0.3, 0.4) is 0 Å². The normalized spacial score (nSPS) is 27.5. The second kappa shape index (κ2) is 8.68. The van der Waals surface area contributed by atoms with Crippen molar-refractivity contribution < 1.29 is 23.1 Å². The molecule has 0 radical (unpaired) electrons. The van der Waals surface area contributed by atoms with E-state index in [1.807, 2.05) is 6.92 Å². The van der Waals surface area contributed by atoms with Crippen LogP contribution < -0.4 is 5.32 Å². The van der Waals surface area contributed by atoms with Crippen LogP contribution in [0.15, 0.2) is 41.3 Å². The average molecular weight is 470 g/mol. The number of carbonyl (C=O) groups is 1. The Kier molecular flexibility index (Phi) is 6.30. The van der Waals surface area contributed by atoms with Gasteiger partial charge in [0.1, 0.15) is 5.82 Å². The number of aliphatic hydroxyl groups is 1. The van der Waals surface area contributed by atoms with E-state index in [2.05, 4.69) is 5.32 Å². The smallest absolute Gasteiger partial charge is 0.266 e. The molecule has 2 aromatic rings. The molecule has 1 amide bonds. The molecule has 31 heavy (non-hydrogen) atoms. The zero-order chi connectivity index (χ0) is 22.3. The van der Waals surface area contributed by atoms with Crippen LogP contribution in [0.2, 0.25) is 5.02 Å². The number of nitrogens with one attached hydrogen (secondary N) is 1. The van der Waals surface area contributed by atoms with Crippen molar-refractivity contribution in [3.05, 3.63) is 58.4 Å². The molecule has 0 aliphatic heterocycles. The van der Waals surface area contributed by atoms with Crippen LogP contribution >= 0.6 is 23.4 Å². The Morgan fingerprint density at radius 2 is 1.87 bits per heavy atom. The van der Waals surface area contributed by atoms with E-state index in [-0.39, 0.29) is 17.5 Å². The van der Waals surface area contributed by atoms with Crippen molar-refractivity contribution in [1.29, 1.82) is 0 Å². The standard InChI is InChI=1S/C23H23ClF3NO2S/c1-23(30)13-3-4-14(23)10-16(9-13)31-20-8-12(2-6-18(20)24)22(29)28-15-5-7-19(25)17(11-15)21(26)27/h2,5-8,11,13-14,16,21,30H,3-4,9-10H2,1H3,(H,28,29)/t13-,14?,16-,23-/m0/s1. The molecule has 4 rings (SSSR count). The molecule has 2 fully saturated rings. The molecule has 2 aliphatic rings. The van der Waals surface area contributed by atoms with Gasteiger partial charge < -0.3 is 10.4 Å². The average Bonchev–Trinajstić information content (AvgIpc) is 2.87. The van der Waals surface area contributed by atoms with Crippen LogP contribution in [-0.2, 0) is 0 Å². The topological polar surface area (TPSA) is 49.3 Å². The summed E-state index contributed by atoms with van der Waals surface area (Å²) in [5.41, 5.74) is -0.931. The van der Waals surface area contributed by atoms with E-state index >= 15 is 0 Å². The van der Waals surface area contributed by atoms with Gasteiger partial charge >= 0.3 is 0 Å². The van der Waals surface area contributed by atoms with Crippen molar-refractivity contribution >= 4 is 35.0 Å². The number of anilines is 1. The molecule has 2 bridgehead atoms. The van der Waals surface area contributed by atoms with E-state index < -0.39 is 29.3 Å². The summed E-state index contributed by atoms with van der Waals surface area (Å²) in [4.78, 5) is 13.4. The number of halogens is 4. The molecule has 4 atom stereocenters. The molecule has 0 spiro atoms. The molecule has 2 aliphatic carbocycles. The van der Waals surface area contributed by atoms with Crippen LogP contribution in [0, 0.1) is 17.7 Å².